The van der Waals surface area contributed by atoms with Gasteiger partial charge in [-0.1, -0.05) is 6.07 Å². The molecule has 0 radical (unpaired) electrons. The van der Waals surface area contributed by atoms with Gasteiger partial charge in [-0.3, -0.25) is 0 Å². The van der Waals surface area contributed by atoms with E-state index in [1.165, 1.54) is 12.4 Å². The van der Waals surface area contributed by atoms with E-state index in [0.29, 0.717) is 24.7 Å². The standard InChI is InChI=1S/C16H16FN5O/c1-23-16-9-15(19-11-20-16)22-7-5-21(6-8-22)14-4-2-3-13(17)12(14)10-18/h2-4,9,11H,5-8H2,1H3. The molecule has 2 aromatic rings. The summed E-state index contributed by atoms with van der Waals surface area (Å²) in [5, 5.41) is 9.16. The summed E-state index contributed by atoms with van der Waals surface area (Å²) in [6.07, 6.45) is 1.47. The van der Waals surface area contributed by atoms with Gasteiger partial charge in [-0.2, -0.15) is 5.26 Å². The third-order valence-electron chi connectivity index (χ3n) is 3.88. The minimum Gasteiger partial charge on any atom is -0.481 e. The molecule has 1 aliphatic rings. The molecule has 0 N–H and O–H groups in total. The molecule has 1 fully saturated rings. The Labute approximate surface area is 133 Å². The number of hydrogen-bond donors (Lipinski definition) is 0. The van der Waals surface area contributed by atoms with Crippen molar-refractivity contribution < 1.29 is 9.13 Å². The minimum absolute atomic E-state index is 0.102. The average molecular weight is 313 g/mol. The van der Waals surface area contributed by atoms with Gasteiger partial charge in [-0.05, 0) is 12.1 Å². The summed E-state index contributed by atoms with van der Waals surface area (Å²) in [5.41, 5.74) is 0.747. The number of methoxy groups -OCH3 is 1. The smallest absolute Gasteiger partial charge is 0.218 e. The van der Waals surface area contributed by atoms with E-state index in [1.807, 2.05) is 11.0 Å². The van der Waals surface area contributed by atoms with Crippen LogP contribution in [-0.2, 0) is 0 Å². The van der Waals surface area contributed by atoms with Crippen LogP contribution in [0.5, 0.6) is 5.88 Å². The molecule has 3 rings (SSSR count). The molecule has 23 heavy (non-hydrogen) atoms. The molecule has 0 spiro atoms. The van der Waals surface area contributed by atoms with Crippen molar-refractivity contribution in [2.24, 2.45) is 0 Å². The number of nitrogens with zero attached hydrogens (tertiary/aromatic N) is 5. The van der Waals surface area contributed by atoms with Gasteiger partial charge in [-0.15, -0.1) is 0 Å². The first-order chi connectivity index (χ1) is 11.2. The lowest BCUT2D eigenvalue weighted by Gasteiger charge is -2.37. The molecule has 1 aliphatic heterocycles. The third-order valence-corrected chi connectivity index (χ3v) is 3.88. The van der Waals surface area contributed by atoms with Gasteiger partial charge in [0.1, 0.15) is 29.6 Å². The molecule has 2 heterocycles. The number of benzene rings is 1. The number of aromatic nitrogens is 2. The molecule has 1 aromatic carbocycles. The summed E-state index contributed by atoms with van der Waals surface area (Å²) < 4.78 is 18.9. The monoisotopic (exact) mass is 313 g/mol. The summed E-state index contributed by atoms with van der Waals surface area (Å²) in [4.78, 5) is 12.4. The number of ether oxygens (including phenoxy) is 1. The summed E-state index contributed by atoms with van der Waals surface area (Å²) in [7, 11) is 1.57. The van der Waals surface area contributed by atoms with Crippen molar-refractivity contribution in [2.45, 2.75) is 0 Å². The lowest BCUT2D eigenvalue weighted by atomic mass is 10.1. The highest BCUT2D eigenvalue weighted by Crippen LogP contribution is 2.25. The van der Waals surface area contributed by atoms with Crippen LogP contribution >= 0.6 is 0 Å². The molecule has 6 nitrogen and oxygen atoms in total. The van der Waals surface area contributed by atoms with Crippen LogP contribution in [0, 0.1) is 17.1 Å². The highest BCUT2D eigenvalue weighted by molar-refractivity contribution is 5.60. The second kappa shape index (κ2) is 6.48. The maximum atomic E-state index is 13.7. The first-order valence-electron chi connectivity index (χ1n) is 7.27. The summed E-state index contributed by atoms with van der Waals surface area (Å²) in [6, 6.07) is 8.47. The van der Waals surface area contributed by atoms with E-state index < -0.39 is 5.82 Å². The predicted molar refractivity (Wildman–Crippen MR) is 84.1 cm³/mol. The van der Waals surface area contributed by atoms with E-state index in [1.54, 1.807) is 25.3 Å². The van der Waals surface area contributed by atoms with Crippen molar-refractivity contribution in [3.05, 3.63) is 42.0 Å². The zero-order chi connectivity index (χ0) is 16.2. The summed E-state index contributed by atoms with van der Waals surface area (Å²) in [6.45, 7) is 2.82. The van der Waals surface area contributed by atoms with Gasteiger partial charge < -0.3 is 14.5 Å². The Morgan fingerprint density at radius 3 is 2.61 bits per heavy atom. The molecule has 1 aromatic heterocycles. The van der Waals surface area contributed by atoms with Crippen molar-refractivity contribution in [3.63, 3.8) is 0 Å². The van der Waals surface area contributed by atoms with Crippen LogP contribution in [0.15, 0.2) is 30.6 Å². The number of anilines is 2. The fourth-order valence-electron chi connectivity index (χ4n) is 2.68. The maximum Gasteiger partial charge on any atom is 0.218 e. The molecule has 0 aliphatic carbocycles. The van der Waals surface area contributed by atoms with Gasteiger partial charge in [0.15, 0.2) is 0 Å². The van der Waals surface area contributed by atoms with Crippen LogP contribution in [0.2, 0.25) is 0 Å². The fraction of sp³-hybridized carbons (Fsp3) is 0.312. The minimum atomic E-state index is -0.479. The molecule has 0 amide bonds. The van der Waals surface area contributed by atoms with Gasteiger partial charge in [0.2, 0.25) is 5.88 Å². The number of hydrogen-bond acceptors (Lipinski definition) is 6. The largest absolute Gasteiger partial charge is 0.481 e. The molecular formula is C16H16FN5O. The van der Waals surface area contributed by atoms with E-state index >= 15 is 0 Å². The molecule has 7 heteroatoms. The van der Waals surface area contributed by atoms with E-state index in [-0.39, 0.29) is 5.56 Å². The molecular weight excluding hydrogens is 297 g/mol. The van der Waals surface area contributed by atoms with Crippen molar-refractivity contribution in [2.75, 3.05) is 43.1 Å². The zero-order valence-corrected chi connectivity index (χ0v) is 12.7. The predicted octanol–water partition coefficient (Wildman–Crippen LogP) is 1.82. The molecule has 0 atom stereocenters. The SMILES string of the molecule is COc1cc(N2CCN(c3cccc(F)c3C#N)CC2)ncn1. The zero-order valence-electron chi connectivity index (χ0n) is 12.7. The molecule has 0 saturated carbocycles. The van der Waals surface area contributed by atoms with Gasteiger partial charge in [0.25, 0.3) is 0 Å². The Hall–Kier alpha value is -2.88. The lowest BCUT2D eigenvalue weighted by Crippen LogP contribution is -2.47. The Morgan fingerprint density at radius 2 is 1.91 bits per heavy atom. The topological polar surface area (TPSA) is 65.3 Å². The van der Waals surface area contributed by atoms with Crippen molar-refractivity contribution in [1.29, 1.82) is 5.26 Å². The highest BCUT2D eigenvalue weighted by Gasteiger charge is 2.21. The average Bonchev–Trinajstić information content (AvgIpc) is 2.61. The van der Waals surface area contributed by atoms with Crippen LogP contribution < -0.4 is 14.5 Å². The molecule has 0 bridgehead atoms. The Bertz CT molecular complexity index is 737. The number of piperazine rings is 1. The van der Waals surface area contributed by atoms with E-state index in [4.69, 9.17) is 10.00 Å². The van der Waals surface area contributed by atoms with E-state index in [9.17, 15) is 4.39 Å². The normalized spacial score (nSPS) is 14.5. The van der Waals surface area contributed by atoms with E-state index in [2.05, 4.69) is 14.9 Å². The summed E-state index contributed by atoms with van der Waals surface area (Å²) in [5.74, 6) is 0.846. The quantitative estimate of drug-likeness (QED) is 0.861. The molecule has 118 valence electrons. The lowest BCUT2D eigenvalue weighted by molar-refractivity contribution is 0.396. The van der Waals surface area contributed by atoms with Gasteiger partial charge in [-0.25, -0.2) is 14.4 Å². The summed E-state index contributed by atoms with van der Waals surface area (Å²) >= 11 is 0. The van der Waals surface area contributed by atoms with Crippen LogP contribution in [0.1, 0.15) is 5.56 Å². The van der Waals surface area contributed by atoms with Crippen LogP contribution in [0.25, 0.3) is 0 Å². The van der Waals surface area contributed by atoms with Crippen molar-refractivity contribution >= 4 is 11.5 Å². The second-order valence-electron chi connectivity index (χ2n) is 5.14. The highest BCUT2D eigenvalue weighted by atomic mass is 19.1. The third kappa shape index (κ3) is 3.01. The molecule has 0 unspecified atom stereocenters. The Morgan fingerprint density at radius 1 is 1.17 bits per heavy atom. The van der Waals surface area contributed by atoms with Gasteiger partial charge >= 0.3 is 0 Å². The molecule has 1 saturated heterocycles. The number of nitriles is 1. The first-order valence-corrected chi connectivity index (χ1v) is 7.27. The first kappa shape index (κ1) is 15.0. The fourth-order valence-corrected chi connectivity index (χ4v) is 2.68. The second-order valence-corrected chi connectivity index (χ2v) is 5.14. The van der Waals surface area contributed by atoms with E-state index in [0.717, 1.165) is 18.9 Å². The maximum absolute atomic E-state index is 13.7. The van der Waals surface area contributed by atoms with Crippen LogP contribution in [-0.4, -0.2) is 43.3 Å². The Balaban J connectivity index is 1.74. The van der Waals surface area contributed by atoms with Crippen molar-refractivity contribution in [1.82, 2.24) is 9.97 Å². The number of rotatable bonds is 3. The van der Waals surface area contributed by atoms with Crippen molar-refractivity contribution in [3.8, 4) is 11.9 Å². The van der Waals surface area contributed by atoms with Crippen LogP contribution in [0.3, 0.4) is 0 Å². The number of halogens is 1. The Kier molecular flexibility index (Phi) is 4.24. The van der Waals surface area contributed by atoms with Crippen LogP contribution in [0.4, 0.5) is 15.9 Å². The van der Waals surface area contributed by atoms with Gasteiger partial charge in [0, 0.05) is 32.2 Å². The van der Waals surface area contributed by atoms with Gasteiger partial charge in [0.05, 0.1) is 12.8 Å².